The highest BCUT2D eigenvalue weighted by Gasteiger charge is 2.29. The number of hydrogen-bond acceptors (Lipinski definition) is 6. The third kappa shape index (κ3) is 3.62. The third-order valence-corrected chi connectivity index (χ3v) is 5.51. The van der Waals surface area contributed by atoms with Gasteiger partial charge in [0.15, 0.2) is 11.5 Å². The van der Waals surface area contributed by atoms with Gasteiger partial charge in [0.05, 0.1) is 5.54 Å². The van der Waals surface area contributed by atoms with Crippen molar-refractivity contribution in [1.29, 1.82) is 0 Å². The Bertz CT molecular complexity index is 775. The van der Waals surface area contributed by atoms with E-state index >= 15 is 0 Å². The lowest BCUT2D eigenvalue weighted by Crippen LogP contribution is -2.55. The maximum absolute atomic E-state index is 12.5. The van der Waals surface area contributed by atoms with Crippen LogP contribution in [0.2, 0.25) is 0 Å². The number of carbonyl (C=O) groups is 1. The van der Waals surface area contributed by atoms with Crippen molar-refractivity contribution in [2.75, 3.05) is 19.8 Å². The zero-order valence-corrected chi connectivity index (χ0v) is 15.5. The van der Waals surface area contributed by atoms with E-state index in [1.54, 1.807) is 5.38 Å². The first-order valence-electron chi connectivity index (χ1n) is 8.31. The molecular weight excluding hydrogens is 338 g/mol. The number of amides is 1. The van der Waals surface area contributed by atoms with E-state index in [0.717, 1.165) is 16.3 Å². The molecule has 1 atom stereocenters. The van der Waals surface area contributed by atoms with Crippen LogP contribution in [-0.2, 0) is 0 Å². The minimum atomic E-state index is -0.460. The summed E-state index contributed by atoms with van der Waals surface area (Å²) in [6, 6.07) is 5.69. The fourth-order valence-electron chi connectivity index (χ4n) is 2.44. The van der Waals surface area contributed by atoms with Crippen LogP contribution in [0.25, 0.3) is 10.6 Å². The molecule has 1 unspecified atom stereocenters. The summed E-state index contributed by atoms with van der Waals surface area (Å²) in [6.07, 6.45) is 0. The molecule has 6 nitrogen and oxygen atoms in total. The van der Waals surface area contributed by atoms with Crippen LogP contribution in [0.1, 0.15) is 31.3 Å². The van der Waals surface area contributed by atoms with Crippen LogP contribution in [0.3, 0.4) is 0 Å². The Balaban J connectivity index is 1.79. The van der Waals surface area contributed by atoms with Gasteiger partial charge in [-0.1, -0.05) is 13.8 Å². The molecule has 7 heteroatoms. The molecule has 134 valence electrons. The maximum atomic E-state index is 12.5. The molecule has 1 amide bonds. The predicted molar refractivity (Wildman–Crippen MR) is 98.3 cm³/mol. The Labute approximate surface area is 151 Å². The van der Waals surface area contributed by atoms with Crippen molar-refractivity contribution in [3.8, 4) is 22.1 Å². The number of ether oxygens (including phenoxy) is 2. The van der Waals surface area contributed by atoms with Gasteiger partial charge in [-0.05, 0) is 31.0 Å². The molecule has 1 aliphatic heterocycles. The van der Waals surface area contributed by atoms with E-state index in [0.29, 0.717) is 31.2 Å². The minimum absolute atomic E-state index is 0.207. The van der Waals surface area contributed by atoms with Crippen molar-refractivity contribution in [3.05, 3.63) is 29.3 Å². The second-order valence-electron chi connectivity index (χ2n) is 6.63. The first-order valence-corrected chi connectivity index (χ1v) is 9.19. The number of nitrogens with one attached hydrogen (secondary N) is 1. The van der Waals surface area contributed by atoms with Crippen molar-refractivity contribution >= 4 is 17.2 Å². The van der Waals surface area contributed by atoms with Gasteiger partial charge < -0.3 is 20.5 Å². The molecular formula is C18H23N3O3S. The smallest absolute Gasteiger partial charge is 0.271 e. The highest BCUT2D eigenvalue weighted by atomic mass is 32.1. The van der Waals surface area contributed by atoms with Crippen molar-refractivity contribution in [2.24, 2.45) is 11.7 Å². The van der Waals surface area contributed by atoms with Crippen LogP contribution in [-0.4, -0.2) is 36.2 Å². The highest BCUT2D eigenvalue weighted by Crippen LogP contribution is 2.35. The van der Waals surface area contributed by atoms with E-state index in [4.69, 9.17) is 15.2 Å². The van der Waals surface area contributed by atoms with Gasteiger partial charge >= 0.3 is 0 Å². The molecule has 3 N–H and O–H groups in total. The number of rotatable bonds is 5. The topological polar surface area (TPSA) is 86.5 Å². The fraction of sp³-hybridized carbons (Fsp3) is 0.444. The van der Waals surface area contributed by atoms with E-state index in [-0.39, 0.29) is 11.8 Å². The molecule has 25 heavy (non-hydrogen) atoms. The highest BCUT2D eigenvalue weighted by molar-refractivity contribution is 7.13. The Morgan fingerprint density at radius 1 is 1.36 bits per heavy atom. The summed E-state index contributed by atoms with van der Waals surface area (Å²) < 4.78 is 11.1. The van der Waals surface area contributed by atoms with Gasteiger partial charge in [0.25, 0.3) is 5.91 Å². The fourth-order valence-corrected chi connectivity index (χ4v) is 3.24. The van der Waals surface area contributed by atoms with Crippen LogP contribution in [0, 0.1) is 5.92 Å². The van der Waals surface area contributed by atoms with Crippen molar-refractivity contribution < 1.29 is 14.3 Å². The number of nitrogens with two attached hydrogens (primary N) is 1. The van der Waals surface area contributed by atoms with Crippen LogP contribution in [0.4, 0.5) is 0 Å². The molecule has 2 heterocycles. The number of fused-ring (bicyclic) bond motifs is 1. The van der Waals surface area contributed by atoms with E-state index in [1.807, 2.05) is 39.0 Å². The molecule has 0 aliphatic carbocycles. The zero-order valence-electron chi connectivity index (χ0n) is 14.7. The normalized spacial score (nSPS) is 15.7. The molecule has 0 saturated heterocycles. The Morgan fingerprint density at radius 2 is 2.08 bits per heavy atom. The number of aromatic nitrogens is 1. The number of carbonyl (C=O) groups excluding carboxylic acids is 1. The number of hydrogen-bond donors (Lipinski definition) is 2. The molecule has 0 radical (unpaired) electrons. The third-order valence-electron chi connectivity index (χ3n) is 4.62. The second-order valence-corrected chi connectivity index (χ2v) is 7.48. The van der Waals surface area contributed by atoms with Gasteiger partial charge in [0.1, 0.15) is 23.9 Å². The van der Waals surface area contributed by atoms with Crippen molar-refractivity contribution in [3.63, 3.8) is 0 Å². The van der Waals surface area contributed by atoms with E-state index < -0.39 is 5.54 Å². The predicted octanol–water partition coefficient (Wildman–Crippen LogP) is 2.68. The SMILES string of the molecule is CC(C)C(C)(CN)NC(=O)c1csc(-c2ccc3c(c2)OCCO3)n1. The van der Waals surface area contributed by atoms with E-state index in [9.17, 15) is 4.79 Å². The standard InChI is InChI=1S/C18H23N3O3S/c1-11(2)18(3,10-19)21-16(22)13-9-25-17(20-13)12-4-5-14-15(8-12)24-7-6-23-14/h4-5,8-9,11H,6-7,10,19H2,1-3H3,(H,21,22). The molecule has 1 aromatic heterocycles. The average molecular weight is 361 g/mol. The monoisotopic (exact) mass is 361 g/mol. The summed E-state index contributed by atoms with van der Waals surface area (Å²) >= 11 is 1.42. The van der Waals surface area contributed by atoms with Crippen molar-refractivity contribution in [2.45, 2.75) is 26.3 Å². The molecule has 3 rings (SSSR count). The molecule has 0 spiro atoms. The Hall–Kier alpha value is -2.12. The first-order chi connectivity index (χ1) is 11.9. The lowest BCUT2D eigenvalue weighted by molar-refractivity contribution is 0.0879. The number of thiazole rings is 1. The summed E-state index contributed by atoms with van der Waals surface area (Å²) in [5.41, 5.74) is 6.68. The molecule has 0 saturated carbocycles. The Morgan fingerprint density at radius 3 is 2.76 bits per heavy atom. The summed E-state index contributed by atoms with van der Waals surface area (Å²) in [7, 11) is 0. The van der Waals surface area contributed by atoms with Crippen LogP contribution in [0.15, 0.2) is 23.6 Å². The Kier molecular flexibility index (Phi) is 4.96. The van der Waals surface area contributed by atoms with Gasteiger partial charge in [-0.2, -0.15) is 0 Å². The maximum Gasteiger partial charge on any atom is 0.271 e. The van der Waals surface area contributed by atoms with Gasteiger partial charge in [-0.3, -0.25) is 4.79 Å². The largest absolute Gasteiger partial charge is 0.486 e. The number of nitrogens with zero attached hydrogens (tertiary/aromatic N) is 1. The lowest BCUT2D eigenvalue weighted by atomic mass is 9.88. The second kappa shape index (κ2) is 7.01. The summed E-state index contributed by atoms with van der Waals surface area (Å²) in [4.78, 5) is 17.0. The summed E-state index contributed by atoms with van der Waals surface area (Å²) in [5.74, 6) is 1.46. The van der Waals surface area contributed by atoms with Crippen LogP contribution in [0.5, 0.6) is 11.5 Å². The first kappa shape index (κ1) is 17.7. The average Bonchev–Trinajstić information content (AvgIpc) is 3.11. The summed E-state index contributed by atoms with van der Waals surface area (Å²) in [5, 5.41) is 5.54. The zero-order chi connectivity index (χ0) is 18.0. The summed E-state index contributed by atoms with van der Waals surface area (Å²) in [6.45, 7) is 7.49. The van der Waals surface area contributed by atoms with E-state index in [1.165, 1.54) is 11.3 Å². The minimum Gasteiger partial charge on any atom is -0.486 e. The van der Waals surface area contributed by atoms with Gasteiger partial charge in [-0.15, -0.1) is 11.3 Å². The van der Waals surface area contributed by atoms with Crippen LogP contribution < -0.4 is 20.5 Å². The van der Waals surface area contributed by atoms with E-state index in [2.05, 4.69) is 10.3 Å². The molecule has 2 aromatic rings. The van der Waals surface area contributed by atoms with Gasteiger partial charge in [0.2, 0.25) is 0 Å². The van der Waals surface area contributed by atoms with Crippen LogP contribution >= 0.6 is 11.3 Å². The van der Waals surface area contributed by atoms with Gasteiger partial charge in [-0.25, -0.2) is 4.98 Å². The molecule has 0 fully saturated rings. The lowest BCUT2D eigenvalue weighted by Gasteiger charge is -2.33. The van der Waals surface area contributed by atoms with Crippen molar-refractivity contribution in [1.82, 2.24) is 10.3 Å². The quantitative estimate of drug-likeness (QED) is 0.855. The number of benzene rings is 1. The molecule has 0 bridgehead atoms. The molecule has 1 aromatic carbocycles. The van der Waals surface area contributed by atoms with Gasteiger partial charge in [0, 0.05) is 17.5 Å². The molecule has 1 aliphatic rings.